The molecule has 1 fully saturated rings. The van der Waals surface area contributed by atoms with Crippen LogP contribution in [0, 0.1) is 0 Å². The molecule has 3 heterocycles. The number of aliphatic imine (C=N–C) groups is 1. The van der Waals surface area contributed by atoms with Crippen LogP contribution in [0.4, 0.5) is 5.82 Å². The van der Waals surface area contributed by atoms with Gasteiger partial charge in [-0.05, 0) is 49.2 Å². The van der Waals surface area contributed by atoms with Crippen molar-refractivity contribution in [2.75, 3.05) is 57.8 Å². The van der Waals surface area contributed by atoms with Crippen molar-refractivity contribution in [1.29, 1.82) is 0 Å². The second-order valence-electron chi connectivity index (χ2n) is 8.23. The maximum atomic E-state index is 5.59. The van der Waals surface area contributed by atoms with Gasteiger partial charge in [-0.25, -0.2) is 9.98 Å². The van der Waals surface area contributed by atoms with Gasteiger partial charge in [-0.1, -0.05) is 18.2 Å². The number of nitrogens with zero attached hydrogens (tertiary/aromatic N) is 4. The molecule has 0 spiro atoms. The Morgan fingerprint density at radius 2 is 1.91 bits per heavy atom. The molecule has 1 saturated heterocycles. The zero-order valence-electron chi connectivity index (χ0n) is 19.1. The predicted octanol–water partition coefficient (Wildman–Crippen LogP) is 2.68. The van der Waals surface area contributed by atoms with Crippen LogP contribution in [0.3, 0.4) is 0 Å². The number of likely N-dealkylation sites (N-methyl/N-ethyl adjacent to an activating group) is 1. The Hall–Kier alpha value is -2.07. The van der Waals surface area contributed by atoms with Crippen LogP contribution in [0.2, 0.25) is 0 Å². The number of fused-ring (bicyclic) bond motifs is 1. The van der Waals surface area contributed by atoms with E-state index in [0.29, 0.717) is 6.54 Å². The fraction of sp³-hybridized carbons (Fsp3) is 0.500. The number of aromatic nitrogens is 1. The molecule has 0 unspecified atom stereocenters. The SMILES string of the molecule is CCNC(=NCc1ccc(N2CCN(C)CC2)nc1)NCCc1ccc2c(c1)CCO2.I. The molecule has 1 aromatic heterocycles. The molecule has 0 atom stereocenters. The van der Waals surface area contributed by atoms with Gasteiger partial charge in [0.15, 0.2) is 5.96 Å². The molecule has 7 nitrogen and oxygen atoms in total. The molecule has 174 valence electrons. The molecular weight excluding hydrogens is 515 g/mol. The van der Waals surface area contributed by atoms with Crippen LogP contribution in [0.1, 0.15) is 23.6 Å². The number of piperazine rings is 1. The fourth-order valence-electron chi connectivity index (χ4n) is 3.97. The molecule has 0 radical (unpaired) electrons. The number of guanidine groups is 1. The number of halogens is 1. The first-order chi connectivity index (χ1) is 15.2. The highest BCUT2D eigenvalue weighted by Gasteiger charge is 2.15. The second kappa shape index (κ2) is 12.2. The van der Waals surface area contributed by atoms with Gasteiger partial charge >= 0.3 is 0 Å². The Labute approximate surface area is 208 Å². The Balaban J connectivity index is 0.00000289. The summed E-state index contributed by atoms with van der Waals surface area (Å²) in [5.74, 6) is 2.94. The normalized spacial score (nSPS) is 16.2. The monoisotopic (exact) mass is 550 g/mol. The van der Waals surface area contributed by atoms with E-state index in [1.54, 1.807) is 0 Å². The fourth-order valence-corrected chi connectivity index (χ4v) is 3.97. The summed E-state index contributed by atoms with van der Waals surface area (Å²) in [6, 6.07) is 10.8. The minimum Gasteiger partial charge on any atom is -0.493 e. The third-order valence-corrected chi connectivity index (χ3v) is 5.86. The topological polar surface area (TPSA) is 65.0 Å². The van der Waals surface area contributed by atoms with Crippen LogP contribution < -0.4 is 20.3 Å². The highest BCUT2D eigenvalue weighted by molar-refractivity contribution is 14.0. The Bertz CT molecular complexity index is 881. The summed E-state index contributed by atoms with van der Waals surface area (Å²) < 4.78 is 5.59. The Morgan fingerprint density at radius 1 is 1.09 bits per heavy atom. The first kappa shape index (κ1) is 24.6. The quantitative estimate of drug-likeness (QED) is 0.314. The van der Waals surface area contributed by atoms with Crippen molar-refractivity contribution in [2.24, 2.45) is 4.99 Å². The number of pyridine rings is 1. The van der Waals surface area contributed by atoms with E-state index >= 15 is 0 Å². The largest absolute Gasteiger partial charge is 0.493 e. The standard InChI is InChI=1S/C24H34N6O.HI/c1-3-25-24(26-10-8-19-4-6-22-21(16-19)9-15-31-22)28-18-20-5-7-23(27-17-20)30-13-11-29(2)12-14-30;/h4-7,16-17H,3,8-15,18H2,1-2H3,(H2,25,26,28);1H. The molecule has 0 bridgehead atoms. The lowest BCUT2D eigenvalue weighted by atomic mass is 10.1. The van der Waals surface area contributed by atoms with Crippen molar-refractivity contribution in [3.05, 3.63) is 53.2 Å². The Kier molecular flexibility index (Phi) is 9.40. The predicted molar refractivity (Wildman–Crippen MR) is 142 cm³/mol. The molecule has 2 aliphatic heterocycles. The summed E-state index contributed by atoms with van der Waals surface area (Å²) >= 11 is 0. The first-order valence-electron chi connectivity index (χ1n) is 11.4. The highest BCUT2D eigenvalue weighted by atomic mass is 127. The Morgan fingerprint density at radius 3 is 2.66 bits per heavy atom. The minimum absolute atomic E-state index is 0. The van der Waals surface area contributed by atoms with Gasteiger partial charge in [-0.3, -0.25) is 0 Å². The third kappa shape index (κ3) is 6.71. The second-order valence-corrected chi connectivity index (χ2v) is 8.23. The number of hydrogen-bond acceptors (Lipinski definition) is 5. The molecule has 2 aromatic rings. The molecular formula is C24H35IN6O. The average Bonchev–Trinajstić information content (AvgIpc) is 3.26. The first-order valence-corrected chi connectivity index (χ1v) is 11.4. The number of hydrogen-bond donors (Lipinski definition) is 2. The molecule has 1 aromatic carbocycles. The van der Waals surface area contributed by atoms with E-state index in [1.165, 1.54) is 11.1 Å². The van der Waals surface area contributed by atoms with Crippen molar-refractivity contribution < 1.29 is 4.74 Å². The molecule has 0 aliphatic carbocycles. The summed E-state index contributed by atoms with van der Waals surface area (Å²) in [5.41, 5.74) is 3.77. The van der Waals surface area contributed by atoms with E-state index in [9.17, 15) is 0 Å². The molecule has 4 rings (SSSR count). The molecule has 8 heteroatoms. The van der Waals surface area contributed by atoms with Gasteiger partial charge in [0.05, 0.1) is 13.2 Å². The summed E-state index contributed by atoms with van der Waals surface area (Å²) in [7, 11) is 2.17. The van der Waals surface area contributed by atoms with Crippen molar-refractivity contribution >= 4 is 35.8 Å². The number of nitrogens with one attached hydrogen (secondary N) is 2. The molecule has 2 N–H and O–H groups in total. The van der Waals surface area contributed by atoms with Crippen LogP contribution in [0.15, 0.2) is 41.5 Å². The van der Waals surface area contributed by atoms with E-state index in [4.69, 9.17) is 9.73 Å². The van der Waals surface area contributed by atoms with Crippen LogP contribution in [-0.4, -0.2) is 68.8 Å². The van der Waals surface area contributed by atoms with E-state index in [0.717, 1.165) is 81.8 Å². The highest BCUT2D eigenvalue weighted by Crippen LogP contribution is 2.25. The zero-order chi connectivity index (χ0) is 21.5. The number of ether oxygens (including phenoxy) is 1. The smallest absolute Gasteiger partial charge is 0.191 e. The summed E-state index contributed by atoms with van der Waals surface area (Å²) in [4.78, 5) is 14.1. The molecule has 0 saturated carbocycles. The van der Waals surface area contributed by atoms with Crippen molar-refractivity contribution in [3.8, 4) is 5.75 Å². The lowest BCUT2D eigenvalue weighted by Crippen LogP contribution is -2.44. The number of rotatable bonds is 7. The third-order valence-electron chi connectivity index (χ3n) is 5.86. The maximum absolute atomic E-state index is 5.59. The van der Waals surface area contributed by atoms with Crippen molar-refractivity contribution in [1.82, 2.24) is 20.5 Å². The van der Waals surface area contributed by atoms with Crippen LogP contribution in [-0.2, 0) is 19.4 Å². The lowest BCUT2D eigenvalue weighted by Gasteiger charge is -2.33. The number of benzene rings is 1. The number of anilines is 1. The minimum atomic E-state index is 0. The van der Waals surface area contributed by atoms with Gasteiger partial charge in [0.1, 0.15) is 11.6 Å². The van der Waals surface area contributed by atoms with Gasteiger partial charge in [0.25, 0.3) is 0 Å². The van der Waals surface area contributed by atoms with Gasteiger partial charge in [0.2, 0.25) is 0 Å². The van der Waals surface area contributed by atoms with Gasteiger partial charge in [-0.15, -0.1) is 24.0 Å². The summed E-state index contributed by atoms with van der Waals surface area (Å²) in [5, 5.41) is 6.78. The molecule has 32 heavy (non-hydrogen) atoms. The summed E-state index contributed by atoms with van der Waals surface area (Å²) in [6.45, 7) is 9.43. The molecule has 2 aliphatic rings. The van der Waals surface area contributed by atoms with Gasteiger partial charge in [-0.2, -0.15) is 0 Å². The average molecular weight is 550 g/mol. The van der Waals surface area contributed by atoms with E-state index < -0.39 is 0 Å². The van der Waals surface area contributed by atoms with Crippen molar-refractivity contribution in [3.63, 3.8) is 0 Å². The van der Waals surface area contributed by atoms with E-state index in [2.05, 4.69) is 69.7 Å². The van der Waals surface area contributed by atoms with E-state index in [-0.39, 0.29) is 24.0 Å². The lowest BCUT2D eigenvalue weighted by molar-refractivity contribution is 0.312. The maximum Gasteiger partial charge on any atom is 0.191 e. The van der Waals surface area contributed by atoms with E-state index in [1.807, 2.05) is 6.20 Å². The zero-order valence-corrected chi connectivity index (χ0v) is 21.5. The van der Waals surface area contributed by atoms with Crippen molar-refractivity contribution in [2.45, 2.75) is 26.3 Å². The molecule has 0 amide bonds. The van der Waals surface area contributed by atoms with Crippen LogP contribution in [0.5, 0.6) is 5.75 Å². The van der Waals surface area contributed by atoms with Crippen LogP contribution >= 0.6 is 24.0 Å². The van der Waals surface area contributed by atoms with Crippen LogP contribution in [0.25, 0.3) is 0 Å². The van der Waals surface area contributed by atoms with Gasteiger partial charge in [0, 0.05) is 51.9 Å². The summed E-state index contributed by atoms with van der Waals surface area (Å²) in [6.07, 6.45) is 3.93. The van der Waals surface area contributed by atoms with Gasteiger partial charge < -0.3 is 25.2 Å².